The van der Waals surface area contributed by atoms with Crippen LogP contribution >= 0.6 is 0 Å². The highest BCUT2D eigenvalue weighted by molar-refractivity contribution is 6.04. The van der Waals surface area contributed by atoms with Crippen molar-refractivity contribution in [3.8, 4) is 5.75 Å². The number of nitrogens with one attached hydrogen (secondary N) is 3. The number of rotatable bonds is 9. The molecule has 7 heteroatoms. The smallest absolute Gasteiger partial charge is 0.269 e. The predicted molar refractivity (Wildman–Crippen MR) is 160 cm³/mol. The maximum Gasteiger partial charge on any atom is 0.269 e. The fourth-order valence-electron chi connectivity index (χ4n) is 4.06. The second kappa shape index (κ2) is 12.8. The number of ether oxygens (including phenoxy) is 1. The Morgan fingerprint density at radius 3 is 1.98 bits per heavy atom. The quantitative estimate of drug-likeness (QED) is 0.212. The fraction of sp³-hybridized carbons (Fsp3) is 0.364. The van der Waals surface area contributed by atoms with E-state index in [1.54, 1.807) is 36.4 Å². The van der Waals surface area contributed by atoms with Crippen LogP contribution in [-0.2, 0) is 10.2 Å². The fourth-order valence-corrected chi connectivity index (χ4v) is 4.06. The van der Waals surface area contributed by atoms with E-state index in [2.05, 4.69) is 36.9 Å². The SMILES string of the molecule is Cc1ccc(C)c(OCCCC(C)(C)C(=O)NNC(=O)c2ccc(NC(=O)c3ccc(C(C)(C)C)cc3)cc2)c1. The first-order chi connectivity index (χ1) is 18.8. The first-order valence-corrected chi connectivity index (χ1v) is 13.6. The van der Waals surface area contributed by atoms with Crippen LogP contribution in [-0.4, -0.2) is 24.3 Å². The van der Waals surface area contributed by atoms with Crippen LogP contribution in [0.1, 0.15) is 84.9 Å². The molecule has 3 N–H and O–H groups in total. The van der Waals surface area contributed by atoms with Crippen molar-refractivity contribution >= 4 is 23.4 Å². The molecule has 0 aliphatic heterocycles. The second-order valence-electron chi connectivity index (χ2n) is 11.9. The molecule has 0 saturated heterocycles. The van der Waals surface area contributed by atoms with Crippen LogP contribution < -0.4 is 20.9 Å². The summed E-state index contributed by atoms with van der Waals surface area (Å²) in [6, 6.07) is 20.1. The lowest BCUT2D eigenvalue weighted by atomic mass is 9.87. The maximum atomic E-state index is 12.7. The molecule has 3 aromatic carbocycles. The van der Waals surface area contributed by atoms with Crippen molar-refractivity contribution in [2.45, 2.75) is 66.7 Å². The Labute approximate surface area is 237 Å². The summed E-state index contributed by atoms with van der Waals surface area (Å²) in [5.74, 6) is -0.103. The Bertz CT molecular complexity index is 1340. The van der Waals surface area contributed by atoms with Crippen LogP contribution in [0.2, 0.25) is 0 Å². The van der Waals surface area contributed by atoms with Gasteiger partial charge < -0.3 is 10.1 Å². The Morgan fingerprint density at radius 2 is 1.35 bits per heavy atom. The second-order valence-corrected chi connectivity index (χ2v) is 11.9. The van der Waals surface area contributed by atoms with Crippen LogP contribution in [0.4, 0.5) is 5.69 Å². The van der Waals surface area contributed by atoms with Crippen molar-refractivity contribution in [2.24, 2.45) is 5.41 Å². The maximum absolute atomic E-state index is 12.7. The Balaban J connectivity index is 1.45. The number of hydrogen-bond donors (Lipinski definition) is 3. The third kappa shape index (κ3) is 8.43. The van der Waals surface area contributed by atoms with Gasteiger partial charge in [0.2, 0.25) is 5.91 Å². The molecule has 0 aromatic heterocycles. The van der Waals surface area contributed by atoms with Gasteiger partial charge in [0, 0.05) is 22.2 Å². The molecule has 3 aromatic rings. The number of amides is 3. The molecule has 0 aliphatic carbocycles. The van der Waals surface area contributed by atoms with Gasteiger partial charge in [-0.2, -0.15) is 0 Å². The Morgan fingerprint density at radius 1 is 0.750 bits per heavy atom. The number of hydrazine groups is 1. The van der Waals surface area contributed by atoms with E-state index < -0.39 is 11.3 Å². The van der Waals surface area contributed by atoms with Gasteiger partial charge in [-0.1, -0.05) is 58.9 Å². The highest BCUT2D eigenvalue weighted by atomic mass is 16.5. The zero-order valence-corrected chi connectivity index (χ0v) is 24.6. The van der Waals surface area contributed by atoms with Crippen molar-refractivity contribution in [1.82, 2.24) is 10.9 Å². The van der Waals surface area contributed by atoms with E-state index in [0.717, 1.165) is 22.4 Å². The van der Waals surface area contributed by atoms with Crippen LogP contribution in [0.5, 0.6) is 5.75 Å². The summed E-state index contributed by atoms with van der Waals surface area (Å²) in [7, 11) is 0. The largest absolute Gasteiger partial charge is 0.493 e. The summed E-state index contributed by atoms with van der Waals surface area (Å²) in [5, 5.41) is 2.84. The molecular weight excluding hydrogens is 502 g/mol. The predicted octanol–water partition coefficient (Wildman–Crippen LogP) is 6.50. The molecule has 0 aliphatic rings. The van der Waals surface area contributed by atoms with Crippen molar-refractivity contribution in [2.75, 3.05) is 11.9 Å². The third-order valence-electron chi connectivity index (χ3n) is 6.87. The summed E-state index contributed by atoms with van der Waals surface area (Å²) in [4.78, 5) is 37.9. The number of anilines is 1. The van der Waals surface area contributed by atoms with E-state index in [-0.39, 0.29) is 17.2 Å². The molecule has 40 heavy (non-hydrogen) atoms. The van der Waals surface area contributed by atoms with Crippen molar-refractivity contribution in [1.29, 1.82) is 0 Å². The Kier molecular flexibility index (Phi) is 9.74. The minimum Gasteiger partial charge on any atom is -0.493 e. The molecule has 3 amide bonds. The number of aryl methyl sites for hydroxylation is 2. The van der Waals surface area contributed by atoms with Gasteiger partial charge in [-0.15, -0.1) is 0 Å². The van der Waals surface area contributed by atoms with Crippen LogP contribution in [0.25, 0.3) is 0 Å². The van der Waals surface area contributed by atoms with Gasteiger partial charge in [-0.05, 0) is 91.3 Å². The molecule has 3 rings (SSSR count). The highest BCUT2D eigenvalue weighted by Gasteiger charge is 2.27. The van der Waals surface area contributed by atoms with Gasteiger partial charge >= 0.3 is 0 Å². The average Bonchev–Trinajstić information content (AvgIpc) is 2.91. The zero-order chi connectivity index (χ0) is 29.5. The van der Waals surface area contributed by atoms with Crippen molar-refractivity contribution in [3.63, 3.8) is 0 Å². The van der Waals surface area contributed by atoms with E-state index in [9.17, 15) is 14.4 Å². The zero-order valence-electron chi connectivity index (χ0n) is 24.6. The summed E-state index contributed by atoms with van der Waals surface area (Å²) < 4.78 is 5.90. The topological polar surface area (TPSA) is 96.5 Å². The highest BCUT2D eigenvalue weighted by Crippen LogP contribution is 2.25. The van der Waals surface area contributed by atoms with Gasteiger partial charge in [0.1, 0.15) is 5.75 Å². The molecule has 0 unspecified atom stereocenters. The molecule has 0 saturated carbocycles. The molecule has 0 spiro atoms. The number of hydrogen-bond acceptors (Lipinski definition) is 4. The van der Waals surface area contributed by atoms with Gasteiger partial charge in [0.15, 0.2) is 0 Å². The molecule has 7 nitrogen and oxygen atoms in total. The molecule has 0 heterocycles. The molecule has 212 valence electrons. The first-order valence-electron chi connectivity index (χ1n) is 13.6. The minimum absolute atomic E-state index is 0.0106. The monoisotopic (exact) mass is 543 g/mol. The minimum atomic E-state index is -0.697. The number of carbonyl (C=O) groups excluding carboxylic acids is 3. The van der Waals surface area contributed by atoms with E-state index >= 15 is 0 Å². The van der Waals surface area contributed by atoms with Crippen LogP contribution in [0.15, 0.2) is 66.7 Å². The van der Waals surface area contributed by atoms with Crippen molar-refractivity contribution in [3.05, 3.63) is 94.5 Å². The van der Waals surface area contributed by atoms with Crippen LogP contribution in [0, 0.1) is 19.3 Å². The Hall–Kier alpha value is -4.13. The van der Waals surface area contributed by atoms with Crippen molar-refractivity contribution < 1.29 is 19.1 Å². The average molecular weight is 544 g/mol. The summed E-state index contributed by atoms with van der Waals surface area (Å²) in [6.45, 7) is 14.6. The van der Waals surface area contributed by atoms with Gasteiger partial charge in [0.25, 0.3) is 11.8 Å². The molecule has 0 radical (unpaired) electrons. The van der Waals surface area contributed by atoms with E-state index in [4.69, 9.17) is 4.74 Å². The third-order valence-corrected chi connectivity index (χ3v) is 6.87. The summed E-state index contributed by atoms with van der Waals surface area (Å²) in [5.41, 5.74) is 9.16. The lowest BCUT2D eigenvalue weighted by Crippen LogP contribution is -2.47. The standard InChI is InChI=1S/C33H41N3O4/c1-22-9-10-23(2)28(21-22)40-20-8-19-33(6,7)31(39)36-35-30(38)25-13-17-27(18-14-25)34-29(37)24-11-15-26(16-12-24)32(3,4)5/h9-18,21H,8,19-20H2,1-7H3,(H,34,37)(H,35,38)(H,36,39). The first kappa shape index (κ1) is 30.4. The number of benzene rings is 3. The van der Waals surface area contributed by atoms with Gasteiger partial charge in [-0.3, -0.25) is 25.2 Å². The van der Waals surface area contributed by atoms with Crippen LogP contribution in [0.3, 0.4) is 0 Å². The van der Waals surface area contributed by atoms with Gasteiger partial charge in [0.05, 0.1) is 6.61 Å². The molecular formula is C33H41N3O4. The van der Waals surface area contributed by atoms with E-state index in [0.29, 0.717) is 36.3 Å². The normalized spacial score (nSPS) is 11.5. The molecule has 0 fully saturated rings. The summed E-state index contributed by atoms with van der Waals surface area (Å²) >= 11 is 0. The van der Waals surface area contributed by atoms with E-state index in [1.165, 1.54) is 0 Å². The lowest BCUT2D eigenvalue weighted by molar-refractivity contribution is -0.130. The molecule has 0 atom stereocenters. The lowest BCUT2D eigenvalue weighted by Gasteiger charge is -2.23. The summed E-state index contributed by atoms with van der Waals surface area (Å²) in [6.07, 6.45) is 1.28. The number of carbonyl (C=O) groups is 3. The van der Waals surface area contributed by atoms with E-state index in [1.807, 2.05) is 58.0 Å². The molecule has 0 bridgehead atoms. The van der Waals surface area contributed by atoms with Gasteiger partial charge in [-0.25, -0.2) is 0 Å².